The van der Waals surface area contributed by atoms with E-state index in [-0.39, 0.29) is 12.0 Å². The van der Waals surface area contributed by atoms with Crippen molar-refractivity contribution in [2.45, 2.75) is 18.4 Å². The summed E-state index contributed by atoms with van der Waals surface area (Å²) in [5, 5.41) is 0.691. The van der Waals surface area contributed by atoms with E-state index in [1.165, 1.54) is 6.07 Å². The van der Waals surface area contributed by atoms with E-state index in [1.807, 2.05) is 29.2 Å². The Morgan fingerprint density at radius 1 is 1.05 bits per heavy atom. The first-order valence-corrected chi connectivity index (χ1v) is 7.62. The molecule has 0 aromatic heterocycles. The number of nitrogens with two attached hydrogens (primary N) is 1. The van der Waals surface area contributed by atoms with Crippen LogP contribution in [0.1, 0.15) is 17.9 Å². The third-order valence-electron chi connectivity index (χ3n) is 4.07. The van der Waals surface area contributed by atoms with E-state index < -0.39 is 11.6 Å². The Labute approximate surface area is 133 Å². The van der Waals surface area contributed by atoms with Crippen molar-refractivity contribution in [3.8, 4) is 0 Å². The van der Waals surface area contributed by atoms with Crippen molar-refractivity contribution in [3.05, 3.63) is 64.7 Å². The molecule has 0 bridgehead atoms. The normalized spacial score (nSPS) is 21.9. The quantitative estimate of drug-likeness (QED) is 0.907. The molecule has 22 heavy (non-hydrogen) atoms. The van der Waals surface area contributed by atoms with Gasteiger partial charge in [-0.25, -0.2) is 8.78 Å². The fourth-order valence-corrected chi connectivity index (χ4v) is 3.23. The number of halogens is 3. The zero-order chi connectivity index (χ0) is 15.7. The van der Waals surface area contributed by atoms with E-state index in [0.29, 0.717) is 23.8 Å². The maximum Gasteiger partial charge on any atom is 0.160 e. The molecule has 5 heteroatoms. The lowest BCUT2D eigenvalue weighted by molar-refractivity contribution is 0.452. The van der Waals surface area contributed by atoms with Gasteiger partial charge >= 0.3 is 0 Å². The Hall–Kier alpha value is -1.65. The largest absolute Gasteiger partial charge is 0.369 e. The van der Waals surface area contributed by atoms with Crippen LogP contribution in [0.3, 0.4) is 0 Å². The Morgan fingerprint density at radius 2 is 1.86 bits per heavy atom. The maximum atomic E-state index is 13.5. The molecule has 3 rings (SSSR count). The minimum absolute atomic E-state index is 0.0224. The van der Waals surface area contributed by atoms with Crippen molar-refractivity contribution in [1.29, 1.82) is 0 Å². The third-order valence-corrected chi connectivity index (χ3v) is 4.31. The predicted octanol–water partition coefficient (Wildman–Crippen LogP) is 3.94. The molecule has 0 spiro atoms. The molecule has 116 valence electrons. The average molecular weight is 323 g/mol. The molecule has 1 fully saturated rings. The summed E-state index contributed by atoms with van der Waals surface area (Å²) in [4.78, 5) is 2.00. The van der Waals surface area contributed by atoms with Crippen LogP contribution in [0, 0.1) is 11.6 Å². The molecule has 2 aromatic carbocycles. The zero-order valence-electron chi connectivity index (χ0n) is 12.0. The molecule has 1 saturated heterocycles. The molecule has 1 heterocycles. The highest BCUT2D eigenvalue weighted by Crippen LogP contribution is 2.31. The summed E-state index contributed by atoms with van der Waals surface area (Å²) >= 11 is 6.06. The maximum absolute atomic E-state index is 13.5. The second-order valence-corrected chi connectivity index (χ2v) is 6.19. The number of anilines is 1. The van der Waals surface area contributed by atoms with Crippen LogP contribution in [0.4, 0.5) is 14.5 Å². The lowest BCUT2D eigenvalue weighted by Crippen LogP contribution is -2.46. The lowest BCUT2D eigenvalue weighted by atomic mass is 9.88. The molecule has 2 nitrogen and oxygen atoms in total. The van der Waals surface area contributed by atoms with Crippen LogP contribution in [0.5, 0.6) is 0 Å². The van der Waals surface area contributed by atoms with Gasteiger partial charge in [0.15, 0.2) is 11.6 Å². The van der Waals surface area contributed by atoms with E-state index >= 15 is 0 Å². The van der Waals surface area contributed by atoms with Crippen LogP contribution in [0.2, 0.25) is 5.02 Å². The number of hydrogen-bond acceptors (Lipinski definition) is 2. The first kappa shape index (κ1) is 15.3. The first-order valence-electron chi connectivity index (χ1n) is 7.24. The van der Waals surface area contributed by atoms with Crippen LogP contribution < -0.4 is 10.6 Å². The van der Waals surface area contributed by atoms with Gasteiger partial charge in [-0.05, 0) is 36.2 Å². The number of nitrogens with zero attached hydrogens (tertiary/aromatic N) is 1. The number of rotatable bonds is 2. The van der Waals surface area contributed by atoms with Crippen molar-refractivity contribution in [2.24, 2.45) is 5.73 Å². The predicted molar refractivity (Wildman–Crippen MR) is 85.4 cm³/mol. The van der Waals surface area contributed by atoms with Gasteiger partial charge in [0.05, 0.1) is 0 Å². The highest BCUT2D eigenvalue weighted by atomic mass is 35.5. The van der Waals surface area contributed by atoms with Crippen LogP contribution in [-0.4, -0.2) is 19.1 Å². The summed E-state index contributed by atoms with van der Waals surface area (Å²) in [6.45, 7) is 1.33. The highest BCUT2D eigenvalue weighted by Gasteiger charge is 2.27. The van der Waals surface area contributed by atoms with E-state index in [0.717, 1.165) is 18.1 Å². The van der Waals surface area contributed by atoms with Gasteiger partial charge in [0.25, 0.3) is 0 Å². The van der Waals surface area contributed by atoms with Crippen molar-refractivity contribution in [3.63, 3.8) is 0 Å². The average Bonchev–Trinajstić information content (AvgIpc) is 2.49. The monoisotopic (exact) mass is 322 g/mol. The molecule has 0 radical (unpaired) electrons. The van der Waals surface area contributed by atoms with Crippen LogP contribution in [-0.2, 0) is 0 Å². The summed E-state index contributed by atoms with van der Waals surface area (Å²) in [5.41, 5.74) is 7.93. The molecule has 1 aliphatic rings. The van der Waals surface area contributed by atoms with Crippen LogP contribution in [0.25, 0.3) is 0 Å². The number of hydrogen-bond donors (Lipinski definition) is 1. The van der Waals surface area contributed by atoms with Gasteiger partial charge < -0.3 is 10.6 Å². The molecule has 2 aromatic rings. The minimum Gasteiger partial charge on any atom is -0.369 e. The summed E-state index contributed by atoms with van der Waals surface area (Å²) in [5.74, 6) is -1.46. The van der Waals surface area contributed by atoms with Crippen LogP contribution in [0.15, 0.2) is 42.5 Å². The highest BCUT2D eigenvalue weighted by molar-refractivity contribution is 6.30. The third kappa shape index (κ3) is 3.23. The minimum atomic E-state index is -0.837. The van der Waals surface area contributed by atoms with Gasteiger partial charge in [0.2, 0.25) is 0 Å². The molecule has 0 aliphatic carbocycles. The lowest BCUT2D eigenvalue weighted by Gasteiger charge is -2.38. The Kier molecular flexibility index (Phi) is 4.32. The van der Waals surface area contributed by atoms with E-state index in [1.54, 1.807) is 6.07 Å². The van der Waals surface area contributed by atoms with Gasteiger partial charge in [-0.2, -0.15) is 0 Å². The standard InChI is InChI=1S/C17H17ClF2N2/c18-13-3-1-2-11(6-13)12-7-14(21)10-22(9-12)15-4-5-16(19)17(20)8-15/h1-6,8,12,14H,7,9-10,21H2. The van der Waals surface area contributed by atoms with Crippen LogP contribution >= 0.6 is 11.6 Å². The summed E-state index contributed by atoms with van der Waals surface area (Å²) in [6.07, 6.45) is 0.848. The SMILES string of the molecule is NC1CC(c2cccc(Cl)c2)CN(c2ccc(F)c(F)c2)C1. The molecular formula is C17H17ClF2N2. The second kappa shape index (κ2) is 6.23. The molecule has 0 amide bonds. The van der Waals surface area contributed by atoms with Crippen molar-refractivity contribution in [2.75, 3.05) is 18.0 Å². The van der Waals surface area contributed by atoms with Gasteiger partial charge in [-0.15, -0.1) is 0 Å². The van der Waals surface area contributed by atoms with Crippen molar-refractivity contribution >= 4 is 17.3 Å². The van der Waals surface area contributed by atoms with E-state index in [2.05, 4.69) is 0 Å². The molecule has 0 saturated carbocycles. The number of piperidine rings is 1. The van der Waals surface area contributed by atoms with Gasteiger partial charge in [-0.3, -0.25) is 0 Å². The molecule has 2 unspecified atom stereocenters. The molecule has 1 aliphatic heterocycles. The van der Waals surface area contributed by atoms with E-state index in [9.17, 15) is 8.78 Å². The van der Waals surface area contributed by atoms with Gasteiger partial charge in [0.1, 0.15) is 0 Å². The van der Waals surface area contributed by atoms with Gasteiger partial charge in [-0.1, -0.05) is 23.7 Å². The Morgan fingerprint density at radius 3 is 2.59 bits per heavy atom. The molecule has 2 N–H and O–H groups in total. The fourth-order valence-electron chi connectivity index (χ4n) is 3.03. The Balaban J connectivity index is 1.85. The molecular weight excluding hydrogens is 306 g/mol. The fraction of sp³-hybridized carbons (Fsp3) is 0.294. The van der Waals surface area contributed by atoms with Crippen molar-refractivity contribution in [1.82, 2.24) is 0 Å². The van der Waals surface area contributed by atoms with Gasteiger partial charge in [0, 0.05) is 41.8 Å². The van der Waals surface area contributed by atoms with Crippen molar-refractivity contribution < 1.29 is 8.78 Å². The summed E-state index contributed by atoms with van der Waals surface area (Å²) < 4.78 is 26.5. The zero-order valence-corrected chi connectivity index (χ0v) is 12.7. The smallest absolute Gasteiger partial charge is 0.160 e. The molecule has 2 atom stereocenters. The summed E-state index contributed by atoms with van der Waals surface area (Å²) in [6, 6.07) is 11.7. The second-order valence-electron chi connectivity index (χ2n) is 5.75. The topological polar surface area (TPSA) is 29.3 Å². The first-order chi connectivity index (χ1) is 10.5. The van der Waals surface area contributed by atoms with E-state index in [4.69, 9.17) is 17.3 Å². The Bertz CT molecular complexity index is 677. The summed E-state index contributed by atoms with van der Waals surface area (Å²) in [7, 11) is 0. The number of benzene rings is 2.